The van der Waals surface area contributed by atoms with Crippen molar-refractivity contribution >= 4 is 5.97 Å². The van der Waals surface area contributed by atoms with E-state index >= 15 is 0 Å². The lowest BCUT2D eigenvalue weighted by Crippen LogP contribution is -2.56. The highest BCUT2D eigenvalue weighted by Crippen LogP contribution is 2.47. The van der Waals surface area contributed by atoms with E-state index in [9.17, 15) is 15.3 Å². The van der Waals surface area contributed by atoms with Crippen LogP contribution in [-0.2, 0) is 19.0 Å². The predicted octanol–water partition coefficient (Wildman–Crippen LogP) is 0.758. The maximum absolute atomic E-state index is 11.8. The minimum absolute atomic E-state index is 0.224. The summed E-state index contributed by atoms with van der Waals surface area (Å²) in [6.45, 7) is 0. The van der Waals surface area contributed by atoms with Crippen molar-refractivity contribution in [2.45, 2.75) is 12.2 Å². The Labute approximate surface area is 105 Å². The summed E-state index contributed by atoms with van der Waals surface area (Å²) in [4.78, 5) is 11.8. The number of hydrogen-bond donors (Lipinski definition) is 0. The highest BCUT2D eigenvalue weighted by Gasteiger charge is 2.62. The highest BCUT2D eigenvalue weighted by atomic mass is 16.7. The van der Waals surface area contributed by atoms with Crippen molar-refractivity contribution in [1.82, 2.24) is 0 Å². The van der Waals surface area contributed by atoms with Crippen LogP contribution in [0.25, 0.3) is 0 Å². The topological polar surface area (TPSA) is 92.3 Å². The number of rotatable bonds is 3. The fraction of sp³-hybridized carbons (Fsp3) is 0.583. The zero-order valence-electron chi connectivity index (χ0n) is 10.5. The molecule has 0 bridgehead atoms. The van der Waals surface area contributed by atoms with Crippen molar-refractivity contribution < 1.29 is 19.0 Å². The van der Waals surface area contributed by atoms with Crippen LogP contribution in [0.5, 0.6) is 0 Å². The molecule has 0 saturated heterocycles. The molecule has 0 heterocycles. The first-order chi connectivity index (χ1) is 8.57. The maximum atomic E-state index is 11.8. The van der Waals surface area contributed by atoms with Crippen LogP contribution >= 0.6 is 0 Å². The van der Waals surface area contributed by atoms with Gasteiger partial charge in [-0.1, -0.05) is 6.08 Å². The van der Waals surface area contributed by atoms with E-state index in [0.29, 0.717) is 0 Å². The van der Waals surface area contributed by atoms with Crippen LogP contribution < -0.4 is 0 Å². The number of carbonyl (C=O) groups excluding carboxylic acids is 1. The van der Waals surface area contributed by atoms with Crippen molar-refractivity contribution in [3.05, 3.63) is 12.2 Å². The van der Waals surface area contributed by atoms with Gasteiger partial charge in [0.05, 0.1) is 25.2 Å². The van der Waals surface area contributed by atoms with E-state index in [4.69, 9.17) is 9.47 Å². The van der Waals surface area contributed by atoms with Crippen LogP contribution in [0.1, 0.15) is 6.42 Å². The maximum Gasteiger partial charge on any atom is 0.311 e. The second-order valence-corrected chi connectivity index (χ2v) is 3.82. The molecule has 1 rings (SSSR count). The van der Waals surface area contributed by atoms with Gasteiger partial charge in [0.1, 0.15) is 0 Å². The van der Waals surface area contributed by atoms with Crippen LogP contribution in [0.2, 0.25) is 0 Å². The molecule has 6 nitrogen and oxygen atoms in total. The van der Waals surface area contributed by atoms with Gasteiger partial charge in [-0.3, -0.25) is 4.79 Å². The summed E-state index contributed by atoms with van der Waals surface area (Å²) in [5.74, 6) is -3.17. The van der Waals surface area contributed by atoms with E-state index in [1.54, 1.807) is 6.08 Å². The van der Waals surface area contributed by atoms with E-state index in [2.05, 4.69) is 4.74 Å². The summed E-state index contributed by atoms with van der Waals surface area (Å²) in [6, 6.07) is 3.72. The lowest BCUT2D eigenvalue weighted by molar-refractivity contribution is -0.230. The largest absolute Gasteiger partial charge is 0.469 e. The minimum Gasteiger partial charge on any atom is -0.469 e. The van der Waals surface area contributed by atoms with Crippen molar-refractivity contribution in [3.8, 4) is 12.1 Å². The van der Waals surface area contributed by atoms with E-state index in [0.717, 1.165) is 0 Å². The molecule has 0 fully saturated rings. The van der Waals surface area contributed by atoms with Gasteiger partial charge in [0.25, 0.3) is 0 Å². The van der Waals surface area contributed by atoms with Gasteiger partial charge in [-0.15, -0.1) is 0 Å². The Bertz CT molecular complexity index is 426. The summed E-state index contributed by atoms with van der Waals surface area (Å²) < 4.78 is 15.0. The molecule has 0 radical (unpaired) electrons. The Balaban J connectivity index is 3.45. The van der Waals surface area contributed by atoms with E-state index in [-0.39, 0.29) is 6.42 Å². The highest BCUT2D eigenvalue weighted by molar-refractivity contribution is 5.76. The number of nitrogens with zero attached hydrogens (tertiary/aromatic N) is 2. The van der Waals surface area contributed by atoms with E-state index < -0.39 is 23.1 Å². The lowest BCUT2D eigenvalue weighted by Gasteiger charge is -2.43. The number of hydrogen-bond acceptors (Lipinski definition) is 6. The van der Waals surface area contributed by atoms with Crippen molar-refractivity contribution in [3.63, 3.8) is 0 Å². The molecule has 0 aromatic heterocycles. The Morgan fingerprint density at radius 2 is 1.83 bits per heavy atom. The minimum atomic E-state index is -1.78. The predicted molar refractivity (Wildman–Crippen MR) is 59.7 cm³/mol. The first kappa shape index (κ1) is 14.2. The second-order valence-electron chi connectivity index (χ2n) is 3.82. The van der Waals surface area contributed by atoms with E-state index in [1.165, 1.54) is 27.4 Å². The summed E-state index contributed by atoms with van der Waals surface area (Å²) in [6.07, 6.45) is 3.35. The van der Waals surface area contributed by atoms with Crippen LogP contribution in [0, 0.1) is 34.0 Å². The zero-order valence-corrected chi connectivity index (χ0v) is 10.5. The third kappa shape index (κ3) is 1.67. The Morgan fingerprint density at radius 3 is 2.22 bits per heavy atom. The van der Waals surface area contributed by atoms with Crippen LogP contribution in [0.15, 0.2) is 12.2 Å². The monoisotopic (exact) mass is 250 g/mol. The second kappa shape index (κ2) is 5.18. The van der Waals surface area contributed by atoms with Gasteiger partial charge in [-0.25, -0.2) is 0 Å². The molecule has 0 amide bonds. The lowest BCUT2D eigenvalue weighted by atomic mass is 9.66. The molecule has 0 aliphatic heterocycles. The van der Waals surface area contributed by atoms with Gasteiger partial charge in [0.2, 0.25) is 11.2 Å². The molecule has 0 saturated carbocycles. The summed E-state index contributed by atoms with van der Waals surface area (Å²) in [5, 5.41) is 18.8. The number of allylic oxidation sites excluding steroid dienone is 1. The summed E-state index contributed by atoms with van der Waals surface area (Å²) in [5.41, 5.74) is -1.78. The van der Waals surface area contributed by atoms with Crippen molar-refractivity contribution in [2.24, 2.45) is 11.3 Å². The van der Waals surface area contributed by atoms with Gasteiger partial charge in [0.15, 0.2) is 0 Å². The van der Waals surface area contributed by atoms with Gasteiger partial charge in [-0.2, -0.15) is 10.5 Å². The molecular weight excluding hydrogens is 236 g/mol. The molecule has 18 heavy (non-hydrogen) atoms. The third-order valence-corrected chi connectivity index (χ3v) is 3.23. The van der Waals surface area contributed by atoms with Gasteiger partial charge < -0.3 is 14.2 Å². The van der Waals surface area contributed by atoms with Gasteiger partial charge >= 0.3 is 5.97 Å². The third-order valence-electron chi connectivity index (χ3n) is 3.23. The molecule has 1 aliphatic rings. The van der Waals surface area contributed by atoms with Crippen LogP contribution in [0.3, 0.4) is 0 Å². The first-order valence-electron chi connectivity index (χ1n) is 5.25. The van der Waals surface area contributed by atoms with Crippen LogP contribution in [-0.4, -0.2) is 33.1 Å². The van der Waals surface area contributed by atoms with Crippen molar-refractivity contribution in [1.29, 1.82) is 10.5 Å². The quantitative estimate of drug-likeness (QED) is 0.417. The average molecular weight is 250 g/mol. The number of nitriles is 2. The number of ether oxygens (including phenoxy) is 3. The molecular formula is C12H14N2O4. The zero-order chi connectivity index (χ0) is 13.8. The molecule has 0 N–H and O–H groups in total. The molecule has 1 aliphatic carbocycles. The smallest absolute Gasteiger partial charge is 0.311 e. The average Bonchev–Trinajstić information content (AvgIpc) is 2.44. The number of esters is 1. The fourth-order valence-corrected chi connectivity index (χ4v) is 2.20. The normalized spacial score (nSPS) is 23.7. The Hall–Kier alpha value is -1.89. The molecule has 6 heteroatoms. The number of carbonyl (C=O) groups is 1. The fourth-order valence-electron chi connectivity index (χ4n) is 2.20. The SMILES string of the molecule is COC(=O)C1CC=CC(OC)(OC)C1(C#N)C#N. The van der Waals surface area contributed by atoms with Gasteiger partial charge in [0, 0.05) is 14.2 Å². The Kier molecular flexibility index (Phi) is 4.07. The summed E-state index contributed by atoms with van der Waals surface area (Å²) in [7, 11) is 3.84. The first-order valence-corrected chi connectivity index (χ1v) is 5.25. The molecule has 0 aromatic rings. The molecule has 96 valence electrons. The van der Waals surface area contributed by atoms with Crippen LogP contribution in [0.4, 0.5) is 0 Å². The molecule has 0 spiro atoms. The molecule has 1 unspecified atom stereocenters. The number of methoxy groups -OCH3 is 3. The summed E-state index contributed by atoms with van der Waals surface area (Å²) >= 11 is 0. The molecule has 0 aromatic carbocycles. The van der Waals surface area contributed by atoms with E-state index in [1.807, 2.05) is 12.1 Å². The molecule has 1 atom stereocenters. The standard InChI is InChI=1S/C12H14N2O4/c1-16-10(15)9-5-4-6-12(17-2,18-3)11(9,7-13)8-14/h4,6,9H,5H2,1-3H3. The van der Waals surface area contributed by atoms with Gasteiger partial charge in [-0.05, 0) is 12.5 Å². The Morgan fingerprint density at radius 1 is 1.28 bits per heavy atom. The van der Waals surface area contributed by atoms with Crippen molar-refractivity contribution in [2.75, 3.05) is 21.3 Å².